The van der Waals surface area contributed by atoms with Gasteiger partial charge in [-0.1, -0.05) is 22.0 Å². The van der Waals surface area contributed by atoms with Gasteiger partial charge in [-0.3, -0.25) is 9.78 Å². The summed E-state index contributed by atoms with van der Waals surface area (Å²) in [6.07, 6.45) is 1.74. The van der Waals surface area contributed by atoms with Crippen LogP contribution in [0.15, 0.2) is 47.1 Å². The average Bonchev–Trinajstić information content (AvgIpc) is 2.43. The topological polar surface area (TPSA) is 45.2 Å². The summed E-state index contributed by atoms with van der Waals surface area (Å²) < 4.78 is 0.953. The Labute approximate surface area is 119 Å². The molecule has 2 aromatic rings. The van der Waals surface area contributed by atoms with E-state index in [-0.39, 0.29) is 5.91 Å². The molecule has 4 nitrogen and oxygen atoms in total. The lowest BCUT2D eigenvalue weighted by molar-refractivity contribution is -0.117. The SMILES string of the molecule is O=C1CNc2ccc(Br)cc2N1Cc1ccccn1. The minimum atomic E-state index is 0.0521. The van der Waals surface area contributed by atoms with Crippen LogP contribution in [0, 0.1) is 0 Å². The first kappa shape index (κ1) is 12.2. The Bertz CT molecular complexity index is 615. The van der Waals surface area contributed by atoms with Crippen molar-refractivity contribution >= 4 is 33.2 Å². The maximum absolute atomic E-state index is 12.1. The van der Waals surface area contributed by atoms with Crippen LogP contribution in [0.2, 0.25) is 0 Å². The van der Waals surface area contributed by atoms with Crippen LogP contribution < -0.4 is 10.2 Å². The fourth-order valence-electron chi connectivity index (χ4n) is 2.11. The molecule has 96 valence electrons. The first-order valence-corrected chi connectivity index (χ1v) is 6.77. The molecule has 0 saturated heterocycles. The molecule has 0 saturated carbocycles. The van der Waals surface area contributed by atoms with Crippen molar-refractivity contribution in [2.45, 2.75) is 6.54 Å². The Balaban J connectivity index is 1.97. The number of amides is 1. The first-order valence-electron chi connectivity index (χ1n) is 5.98. The summed E-state index contributed by atoms with van der Waals surface area (Å²) in [6, 6.07) is 11.6. The Morgan fingerprint density at radius 1 is 1.32 bits per heavy atom. The molecule has 1 aliphatic rings. The second-order valence-corrected chi connectivity index (χ2v) is 5.23. The normalized spacial score (nSPS) is 13.9. The smallest absolute Gasteiger partial charge is 0.246 e. The van der Waals surface area contributed by atoms with Crippen LogP contribution in [-0.2, 0) is 11.3 Å². The van der Waals surface area contributed by atoms with Gasteiger partial charge in [-0.05, 0) is 30.3 Å². The zero-order chi connectivity index (χ0) is 13.2. The van der Waals surface area contributed by atoms with E-state index < -0.39 is 0 Å². The molecule has 1 amide bonds. The number of carbonyl (C=O) groups excluding carboxylic acids is 1. The summed E-state index contributed by atoms with van der Waals surface area (Å²) in [7, 11) is 0. The second kappa shape index (κ2) is 5.01. The number of nitrogens with zero attached hydrogens (tertiary/aromatic N) is 2. The highest BCUT2D eigenvalue weighted by atomic mass is 79.9. The summed E-state index contributed by atoms with van der Waals surface area (Å²) >= 11 is 3.44. The maximum Gasteiger partial charge on any atom is 0.246 e. The van der Waals surface area contributed by atoms with Crippen LogP contribution in [-0.4, -0.2) is 17.4 Å². The monoisotopic (exact) mass is 317 g/mol. The third-order valence-corrected chi connectivity index (χ3v) is 3.52. The summed E-state index contributed by atoms with van der Waals surface area (Å²) in [4.78, 5) is 18.1. The van der Waals surface area contributed by atoms with Gasteiger partial charge >= 0.3 is 0 Å². The summed E-state index contributed by atoms with van der Waals surface area (Å²) in [5.74, 6) is 0.0521. The van der Waals surface area contributed by atoms with Crippen molar-refractivity contribution in [3.63, 3.8) is 0 Å². The van der Waals surface area contributed by atoms with Crippen molar-refractivity contribution < 1.29 is 4.79 Å². The number of hydrogen-bond acceptors (Lipinski definition) is 3. The number of aromatic nitrogens is 1. The van der Waals surface area contributed by atoms with Crippen LogP contribution >= 0.6 is 15.9 Å². The highest BCUT2D eigenvalue weighted by Crippen LogP contribution is 2.33. The quantitative estimate of drug-likeness (QED) is 0.926. The number of halogens is 1. The van der Waals surface area contributed by atoms with Gasteiger partial charge in [-0.25, -0.2) is 0 Å². The molecule has 1 aromatic carbocycles. The molecule has 1 aromatic heterocycles. The largest absolute Gasteiger partial charge is 0.374 e. The molecule has 5 heteroatoms. The van der Waals surface area contributed by atoms with Crippen molar-refractivity contribution in [1.82, 2.24) is 4.98 Å². The van der Waals surface area contributed by atoms with Crippen molar-refractivity contribution in [2.24, 2.45) is 0 Å². The summed E-state index contributed by atoms with van der Waals surface area (Å²) in [6.45, 7) is 0.812. The molecule has 0 radical (unpaired) electrons. The summed E-state index contributed by atoms with van der Waals surface area (Å²) in [5, 5.41) is 3.12. The van der Waals surface area contributed by atoms with Gasteiger partial charge in [-0.2, -0.15) is 0 Å². The van der Waals surface area contributed by atoms with Gasteiger partial charge in [0.15, 0.2) is 0 Å². The molecule has 19 heavy (non-hydrogen) atoms. The van der Waals surface area contributed by atoms with E-state index in [1.54, 1.807) is 11.1 Å². The molecular formula is C14H12BrN3O. The third-order valence-electron chi connectivity index (χ3n) is 3.03. The van der Waals surface area contributed by atoms with Gasteiger partial charge in [0.2, 0.25) is 5.91 Å². The van der Waals surface area contributed by atoms with E-state index in [9.17, 15) is 4.79 Å². The molecule has 0 fully saturated rings. The van der Waals surface area contributed by atoms with E-state index >= 15 is 0 Å². The van der Waals surface area contributed by atoms with E-state index in [2.05, 4.69) is 26.2 Å². The molecule has 2 heterocycles. The van der Waals surface area contributed by atoms with Crippen molar-refractivity contribution in [2.75, 3.05) is 16.8 Å². The molecule has 0 unspecified atom stereocenters. The predicted molar refractivity (Wildman–Crippen MR) is 78.1 cm³/mol. The van der Waals surface area contributed by atoms with Gasteiger partial charge < -0.3 is 10.2 Å². The van der Waals surface area contributed by atoms with Crippen molar-refractivity contribution in [3.8, 4) is 0 Å². The lowest BCUT2D eigenvalue weighted by Crippen LogP contribution is -2.39. The Kier molecular flexibility index (Phi) is 3.21. The molecular weight excluding hydrogens is 306 g/mol. The fraction of sp³-hybridized carbons (Fsp3) is 0.143. The van der Waals surface area contributed by atoms with E-state index in [0.29, 0.717) is 13.1 Å². The Morgan fingerprint density at radius 2 is 2.21 bits per heavy atom. The summed E-state index contributed by atoms with van der Waals surface area (Å²) in [5.41, 5.74) is 2.73. The highest BCUT2D eigenvalue weighted by molar-refractivity contribution is 9.10. The molecule has 1 N–H and O–H groups in total. The second-order valence-electron chi connectivity index (χ2n) is 4.32. The molecule has 3 rings (SSSR count). The van der Waals surface area contributed by atoms with Crippen LogP contribution in [0.3, 0.4) is 0 Å². The molecule has 1 aliphatic heterocycles. The number of pyridine rings is 1. The van der Waals surface area contributed by atoms with Gasteiger partial charge in [-0.15, -0.1) is 0 Å². The minimum Gasteiger partial charge on any atom is -0.374 e. The number of rotatable bonds is 2. The third kappa shape index (κ3) is 2.46. The minimum absolute atomic E-state index is 0.0521. The van der Waals surface area contributed by atoms with Crippen LogP contribution in [0.4, 0.5) is 11.4 Å². The fourth-order valence-corrected chi connectivity index (χ4v) is 2.45. The molecule has 0 spiro atoms. The van der Waals surface area contributed by atoms with Gasteiger partial charge in [0, 0.05) is 10.7 Å². The highest BCUT2D eigenvalue weighted by Gasteiger charge is 2.24. The average molecular weight is 318 g/mol. The molecule has 0 bridgehead atoms. The van der Waals surface area contributed by atoms with E-state index in [1.807, 2.05) is 36.4 Å². The van der Waals surface area contributed by atoms with Crippen LogP contribution in [0.1, 0.15) is 5.69 Å². The van der Waals surface area contributed by atoms with E-state index in [1.165, 1.54) is 0 Å². The zero-order valence-corrected chi connectivity index (χ0v) is 11.7. The number of carbonyl (C=O) groups is 1. The molecule has 0 atom stereocenters. The first-order chi connectivity index (χ1) is 9.24. The van der Waals surface area contributed by atoms with E-state index in [4.69, 9.17) is 0 Å². The lowest BCUT2D eigenvalue weighted by Gasteiger charge is -2.30. The van der Waals surface area contributed by atoms with E-state index in [0.717, 1.165) is 21.5 Å². The lowest BCUT2D eigenvalue weighted by atomic mass is 10.2. The van der Waals surface area contributed by atoms with Gasteiger partial charge in [0.1, 0.15) is 0 Å². The van der Waals surface area contributed by atoms with Crippen LogP contribution in [0.5, 0.6) is 0 Å². The zero-order valence-electron chi connectivity index (χ0n) is 10.1. The maximum atomic E-state index is 12.1. The number of anilines is 2. The van der Waals surface area contributed by atoms with Gasteiger partial charge in [0.05, 0.1) is 30.2 Å². The number of benzene rings is 1. The standard InChI is InChI=1S/C14H12BrN3O/c15-10-4-5-12-13(7-10)18(14(19)8-17-12)9-11-3-1-2-6-16-11/h1-7,17H,8-9H2. The predicted octanol–water partition coefficient (Wildman–Crippen LogP) is 2.80. The van der Waals surface area contributed by atoms with Crippen molar-refractivity contribution in [3.05, 3.63) is 52.8 Å². The van der Waals surface area contributed by atoms with Gasteiger partial charge in [0.25, 0.3) is 0 Å². The Morgan fingerprint density at radius 3 is 3.00 bits per heavy atom. The van der Waals surface area contributed by atoms with Crippen LogP contribution in [0.25, 0.3) is 0 Å². The Hall–Kier alpha value is -1.88. The number of nitrogens with one attached hydrogen (secondary N) is 1. The van der Waals surface area contributed by atoms with Crippen molar-refractivity contribution in [1.29, 1.82) is 0 Å². The molecule has 0 aliphatic carbocycles. The number of hydrogen-bond donors (Lipinski definition) is 1. The number of fused-ring (bicyclic) bond motifs is 1.